The van der Waals surface area contributed by atoms with E-state index in [2.05, 4.69) is 12.2 Å². The number of rotatable bonds is 11. The van der Waals surface area contributed by atoms with Gasteiger partial charge in [0.25, 0.3) is 0 Å². The molecular weight excluding hydrogens is 438 g/mol. The minimum Gasteiger partial charge on any atom is -0.494 e. The fourth-order valence-corrected chi connectivity index (χ4v) is 4.27. The highest BCUT2D eigenvalue weighted by atomic mass is 32.1. The number of benzene rings is 2. The number of hydrogen-bond acceptors (Lipinski definition) is 6. The van der Waals surface area contributed by atoms with Gasteiger partial charge in [-0.05, 0) is 55.2 Å². The van der Waals surface area contributed by atoms with Crippen molar-refractivity contribution in [3.05, 3.63) is 65.0 Å². The first-order valence-electron chi connectivity index (χ1n) is 11.0. The van der Waals surface area contributed by atoms with Crippen LogP contribution in [0.2, 0.25) is 0 Å². The van der Waals surface area contributed by atoms with Crippen molar-refractivity contribution in [2.24, 2.45) is 0 Å². The summed E-state index contributed by atoms with van der Waals surface area (Å²) in [6, 6.07) is 15.4. The molecule has 0 unspecified atom stereocenters. The molecule has 6 nitrogen and oxygen atoms in total. The molecule has 7 heteroatoms. The standard InChI is InChI=1S/C26H29NO5S/c1-4-18-8-12-21(13-9-18)32-16-6-7-23(28)27-25-24(26(29)30-3)22(17-33-25)19-10-14-20(15-11-19)31-5-2/h8-15,17H,4-7,16H2,1-3H3,(H,27,28). The first kappa shape index (κ1) is 24.3. The Labute approximate surface area is 198 Å². The van der Waals surface area contributed by atoms with Crippen LogP contribution >= 0.6 is 11.3 Å². The molecule has 1 N–H and O–H groups in total. The summed E-state index contributed by atoms with van der Waals surface area (Å²) in [5.41, 5.74) is 3.16. The van der Waals surface area contributed by atoms with Crippen LogP contribution in [0.25, 0.3) is 11.1 Å². The lowest BCUT2D eigenvalue weighted by Crippen LogP contribution is -2.14. The molecule has 0 saturated carbocycles. The fourth-order valence-electron chi connectivity index (χ4n) is 3.30. The number of anilines is 1. The Morgan fingerprint density at radius 2 is 1.61 bits per heavy atom. The molecule has 0 saturated heterocycles. The van der Waals surface area contributed by atoms with Crippen molar-refractivity contribution in [2.45, 2.75) is 33.1 Å². The Balaban J connectivity index is 1.61. The van der Waals surface area contributed by atoms with Crippen LogP contribution in [-0.4, -0.2) is 32.2 Å². The lowest BCUT2D eigenvalue weighted by atomic mass is 10.0. The number of carbonyl (C=O) groups is 2. The van der Waals surface area contributed by atoms with Gasteiger partial charge in [-0.2, -0.15) is 0 Å². The summed E-state index contributed by atoms with van der Waals surface area (Å²) >= 11 is 1.30. The maximum absolute atomic E-state index is 12.5. The molecule has 0 aliphatic rings. The summed E-state index contributed by atoms with van der Waals surface area (Å²) in [6.07, 6.45) is 1.83. The van der Waals surface area contributed by atoms with Gasteiger partial charge in [-0.25, -0.2) is 4.79 Å². The number of hydrogen-bond donors (Lipinski definition) is 1. The van der Waals surface area contributed by atoms with E-state index in [1.807, 2.05) is 60.8 Å². The van der Waals surface area contributed by atoms with E-state index >= 15 is 0 Å². The molecule has 0 fully saturated rings. The zero-order chi connectivity index (χ0) is 23.6. The van der Waals surface area contributed by atoms with Crippen molar-refractivity contribution in [1.29, 1.82) is 0 Å². The lowest BCUT2D eigenvalue weighted by molar-refractivity contribution is -0.116. The second-order valence-electron chi connectivity index (χ2n) is 7.30. The van der Waals surface area contributed by atoms with Gasteiger partial charge in [0.05, 0.1) is 20.3 Å². The Kier molecular flexibility index (Phi) is 8.89. The Morgan fingerprint density at radius 3 is 2.24 bits per heavy atom. The van der Waals surface area contributed by atoms with Gasteiger partial charge >= 0.3 is 5.97 Å². The molecule has 1 heterocycles. The molecule has 3 rings (SSSR count). The molecule has 0 bridgehead atoms. The Hall–Kier alpha value is -3.32. The van der Waals surface area contributed by atoms with E-state index in [1.54, 1.807) is 0 Å². The largest absolute Gasteiger partial charge is 0.494 e. The second-order valence-corrected chi connectivity index (χ2v) is 8.18. The summed E-state index contributed by atoms with van der Waals surface area (Å²) in [6.45, 7) is 5.05. The van der Waals surface area contributed by atoms with Crippen molar-refractivity contribution in [1.82, 2.24) is 0 Å². The quantitative estimate of drug-likeness (QED) is 0.278. The van der Waals surface area contributed by atoms with E-state index in [1.165, 1.54) is 24.0 Å². The molecule has 174 valence electrons. The van der Waals surface area contributed by atoms with Gasteiger partial charge in [-0.1, -0.05) is 31.2 Å². The maximum atomic E-state index is 12.5. The fraction of sp³-hybridized carbons (Fsp3) is 0.308. The van der Waals surface area contributed by atoms with Gasteiger partial charge in [0.2, 0.25) is 5.91 Å². The molecule has 0 radical (unpaired) electrons. The van der Waals surface area contributed by atoms with Gasteiger partial charge < -0.3 is 19.5 Å². The van der Waals surface area contributed by atoms with E-state index in [0.717, 1.165) is 23.5 Å². The van der Waals surface area contributed by atoms with Crippen LogP contribution in [0.5, 0.6) is 11.5 Å². The molecule has 0 spiro atoms. The number of nitrogens with one attached hydrogen (secondary N) is 1. The predicted octanol–water partition coefficient (Wildman–Crippen LogP) is 5.96. The Morgan fingerprint density at radius 1 is 0.939 bits per heavy atom. The van der Waals surface area contributed by atoms with Crippen molar-refractivity contribution in [3.8, 4) is 22.6 Å². The summed E-state index contributed by atoms with van der Waals surface area (Å²) in [7, 11) is 1.33. The number of esters is 1. The second kappa shape index (κ2) is 12.1. The summed E-state index contributed by atoms with van der Waals surface area (Å²) < 4.78 is 16.2. The van der Waals surface area contributed by atoms with Gasteiger partial charge in [0, 0.05) is 17.4 Å². The molecule has 3 aromatic rings. The number of carbonyl (C=O) groups excluding carboxylic acids is 2. The van der Waals surface area contributed by atoms with Gasteiger partial charge in [0.15, 0.2) is 0 Å². The molecule has 33 heavy (non-hydrogen) atoms. The van der Waals surface area contributed by atoms with Crippen molar-refractivity contribution < 1.29 is 23.8 Å². The van der Waals surface area contributed by atoms with E-state index in [4.69, 9.17) is 14.2 Å². The van der Waals surface area contributed by atoms with E-state index in [9.17, 15) is 9.59 Å². The van der Waals surface area contributed by atoms with E-state index in [0.29, 0.717) is 35.8 Å². The van der Waals surface area contributed by atoms with Crippen molar-refractivity contribution in [2.75, 3.05) is 25.6 Å². The van der Waals surface area contributed by atoms with E-state index in [-0.39, 0.29) is 12.3 Å². The van der Waals surface area contributed by atoms with Crippen LogP contribution in [0.15, 0.2) is 53.9 Å². The first-order valence-corrected chi connectivity index (χ1v) is 11.9. The number of amides is 1. The SMILES string of the molecule is CCOc1ccc(-c2csc(NC(=O)CCCOc3ccc(CC)cc3)c2C(=O)OC)cc1. The zero-order valence-electron chi connectivity index (χ0n) is 19.2. The number of ether oxygens (including phenoxy) is 3. The van der Waals surface area contributed by atoms with Crippen LogP contribution < -0.4 is 14.8 Å². The number of thiophene rings is 1. The molecule has 1 aromatic heterocycles. The topological polar surface area (TPSA) is 73.9 Å². The third-order valence-corrected chi connectivity index (χ3v) is 5.95. The number of methoxy groups -OCH3 is 1. The van der Waals surface area contributed by atoms with Crippen LogP contribution in [0.3, 0.4) is 0 Å². The summed E-state index contributed by atoms with van der Waals surface area (Å²) in [5, 5.41) is 5.19. The van der Waals surface area contributed by atoms with E-state index < -0.39 is 5.97 Å². The van der Waals surface area contributed by atoms with Crippen LogP contribution in [-0.2, 0) is 16.0 Å². The third-order valence-electron chi connectivity index (χ3n) is 5.06. The minimum atomic E-state index is -0.491. The zero-order valence-corrected chi connectivity index (χ0v) is 20.0. The molecule has 0 aliphatic carbocycles. The highest BCUT2D eigenvalue weighted by Gasteiger charge is 2.22. The van der Waals surface area contributed by atoms with Crippen LogP contribution in [0.4, 0.5) is 5.00 Å². The predicted molar refractivity (Wildman–Crippen MR) is 131 cm³/mol. The van der Waals surface area contributed by atoms with Gasteiger partial charge in [-0.15, -0.1) is 11.3 Å². The average molecular weight is 468 g/mol. The molecule has 2 aromatic carbocycles. The molecule has 1 amide bonds. The number of aryl methyl sites for hydroxylation is 1. The average Bonchev–Trinajstić information content (AvgIpc) is 3.25. The van der Waals surface area contributed by atoms with Crippen molar-refractivity contribution in [3.63, 3.8) is 0 Å². The van der Waals surface area contributed by atoms with Crippen LogP contribution in [0, 0.1) is 0 Å². The molecule has 0 atom stereocenters. The first-order chi connectivity index (χ1) is 16.0. The van der Waals surface area contributed by atoms with Crippen molar-refractivity contribution >= 4 is 28.2 Å². The molecular formula is C26H29NO5S. The summed E-state index contributed by atoms with van der Waals surface area (Å²) in [4.78, 5) is 25.0. The smallest absolute Gasteiger partial charge is 0.341 e. The van der Waals surface area contributed by atoms with Crippen LogP contribution in [0.1, 0.15) is 42.6 Å². The monoisotopic (exact) mass is 467 g/mol. The van der Waals surface area contributed by atoms with Gasteiger partial charge in [-0.3, -0.25) is 4.79 Å². The minimum absolute atomic E-state index is 0.176. The highest BCUT2D eigenvalue weighted by Crippen LogP contribution is 2.37. The normalized spacial score (nSPS) is 10.5. The van der Waals surface area contributed by atoms with Gasteiger partial charge in [0.1, 0.15) is 22.1 Å². The highest BCUT2D eigenvalue weighted by molar-refractivity contribution is 7.15. The Bertz CT molecular complexity index is 1060. The summed E-state index contributed by atoms with van der Waals surface area (Å²) in [5.74, 6) is 0.881. The maximum Gasteiger partial charge on any atom is 0.341 e. The lowest BCUT2D eigenvalue weighted by Gasteiger charge is -2.09. The molecule has 0 aliphatic heterocycles. The third kappa shape index (κ3) is 6.58.